The van der Waals surface area contributed by atoms with Crippen LogP contribution in [-0.4, -0.2) is 42.2 Å². The molecule has 1 fully saturated rings. The van der Waals surface area contributed by atoms with E-state index in [-0.39, 0.29) is 11.7 Å². The highest BCUT2D eigenvalue weighted by molar-refractivity contribution is 6.19. The molecule has 3 rings (SSSR count). The van der Waals surface area contributed by atoms with Gasteiger partial charge in [-0.3, -0.25) is 9.69 Å². The fraction of sp³-hybridized carbons (Fsp3) is 0.333. The van der Waals surface area contributed by atoms with E-state index in [9.17, 15) is 9.18 Å². The Hall–Kier alpha value is -2.43. The minimum Gasteiger partial charge on any atom is -0.383 e. The van der Waals surface area contributed by atoms with Crippen LogP contribution in [0.4, 0.5) is 4.39 Å². The summed E-state index contributed by atoms with van der Waals surface area (Å²) in [6.07, 6.45) is 6.70. The van der Waals surface area contributed by atoms with Crippen LogP contribution in [0.25, 0.3) is 6.08 Å². The van der Waals surface area contributed by atoms with Crippen molar-refractivity contribution < 1.29 is 9.18 Å². The van der Waals surface area contributed by atoms with E-state index in [1.165, 1.54) is 12.1 Å². The van der Waals surface area contributed by atoms with Crippen LogP contribution in [0, 0.1) is 5.82 Å². The van der Waals surface area contributed by atoms with Gasteiger partial charge in [0.2, 0.25) is 0 Å². The third-order valence-corrected chi connectivity index (χ3v) is 3.90. The average Bonchev–Trinajstić information content (AvgIpc) is 2.68. The number of nitrogens with zero attached hydrogens (tertiary/aromatic N) is 3. The van der Waals surface area contributed by atoms with Crippen LogP contribution in [0.1, 0.15) is 24.8 Å². The van der Waals surface area contributed by atoms with Crippen molar-refractivity contribution in [1.29, 1.82) is 0 Å². The van der Waals surface area contributed by atoms with E-state index >= 15 is 0 Å². The molecule has 1 aromatic rings. The highest BCUT2D eigenvalue weighted by Crippen LogP contribution is 2.27. The standard InChI is InChI=1S/C18H20FN3O/c1-21(2)12-14-5-3-4-10-22-17(14)20-16(18(22)23)11-13-6-8-15(19)9-7-13/h6-9,11-12H,3-5,10H2,1-2H3/b14-12+,16-11+. The van der Waals surface area contributed by atoms with Crippen LogP contribution in [0.5, 0.6) is 0 Å². The molecule has 23 heavy (non-hydrogen) atoms. The lowest BCUT2D eigenvalue weighted by molar-refractivity contribution is -0.122. The Balaban J connectivity index is 1.98. The molecular weight excluding hydrogens is 293 g/mol. The lowest BCUT2D eigenvalue weighted by atomic mass is 10.1. The fourth-order valence-corrected chi connectivity index (χ4v) is 2.85. The quantitative estimate of drug-likeness (QED) is 0.787. The Kier molecular flexibility index (Phi) is 4.28. The van der Waals surface area contributed by atoms with Crippen LogP contribution < -0.4 is 0 Å². The van der Waals surface area contributed by atoms with Gasteiger partial charge in [0.05, 0.1) is 0 Å². The van der Waals surface area contributed by atoms with E-state index in [0.717, 1.165) is 36.2 Å². The maximum atomic E-state index is 13.0. The SMILES string of the molecule is CN(C)/C=C1\CCCCN2C(=O)/C(=C\c3ccc(F)cc3)N=C12. The Morgan fingerprint density at radius 2 is 1.96 bits per heavy atom. The van der Waals surface area contributed by atoms with Gasteiger partial charge in [0.1, 0.15) is 17.3 Å². The van der Waals surface area contributed by atoms with Crippen LogP contribution in [0.15, 0.2) is 46.7 Å². The van der Waals surface area contributed by atoms with Crippen molar-refractivity contribution in [1.82, 2.24) is 9.80 Å². The monoisotopic (exact) mass is 313 g/mol. The Morgan fingerprint density at radius 1 is 1.22 bits per heavy atom. The summed E-state index contributed by atoms with van der Waals surface area (Å²) in [5.41, 5.74) is 2.27. The molecular formula is C18H20FN3O. The van der Waals surface area contributed by atoms with Gasteiger partial charge in [-0.15, -0.1) is 0 Å². The molecule has 0 unspecified atom stereocenters. The first-order valence-electron chi connectivity index (χ1n) is 7.80. The first-order valence-corrected chi connectivity index (χ1v) is 7.80. The van der Waals surface area contributed by atoms with Gasteiger partial charge >= 0.3 is 0 Å². The van der Waals surface area contributed by atoms with Gasteiger partial charge in [-0.25, -0.2) is 9.38 Å². The molecule has 0 aromatic heterocycles. The highest BCUT2D eigenvalue weighted by Gasteiger charge is 2.33. The normalized spacial score (nSPS) is 21.4. The largest absolute Gasteiger partial charge is 0.383 e. The van der Waals surface area contributed by atoms with Crippen LogP contribution in [0.3, 0.4) is 0 Å². The lowest BCUT2D eigenvalue weighted by Gasteiger charge is -2.17. The van der Waals surface area contributed by atoms with Crippen LogP contribution in [0.2, 0.25) is 0 Å². The number of benzene rings is 1. The average molecular weight is 313 g/mol. The Bertz CT molecular complexity index is 701. The van der Waals surface area contributed by atoms with E-state index in [4.69, 9.17) is 0 Å². The number of rotatable bonds is 2. The molecule has 2 aliphatic heterocycles. The zero-order valence-electron chi connectivity index (χ0n) is 13.4. The maximum absolute atomic E-state index is 13.0. The van der Waals surface area contributed by atoms with Gasteiger partial charge in [0, 0.05) is 32.4 Å². The Labute approximate surface area is 135 Å². The molecule has 0 radical (unpaired) electrons. The third-order valence-electron chi connectivity index (χ3n) is 3.90. The zero-order chi connectivity index (χ0) is 16.4. The van der Waals surface area contributed by atoms with E-state index in [1.54, 1.807) is 23.1 Å². The third kappa shape index (κ3) is 3.33. The summed E-state index contributed by atoms with van der Waals surface area (Å²) in [4.78, 5) is 20.9. The molecule has 120 valence electrons. The first kappa shape index (κ1) is 15.5. The van der Waals surface area contributed by atoms with Gasteiger partial charge in [-0.1, -0.05) is 12.1 Å². The summed E-state index contributed by atoms with van der Waals surface area (Å²) in [6, 6.07) is 6.06. The summed E-state index contributed by atoms with van der Waals surface area (Å²) >= 11 is 0. The zero-order valence-corrected chi connectivity index (χ0v) is 13.4. The number of carbonyl (C=O) groups excluding carboxylic acids is 1. The minimum atomic E-state index is -0.290. The number of fused-ring (bicyclic) bond motifs is 1. The molecule has 0 aliphatic carbocycles. The summed E-state index contributed by atoms with van der Waals surface area (Å²) in [5, 5.41) is 0. The molecule has 1 saturated heterocycles. The Morgan fingerprint density at radius 3 is 2.65 bits per heavy atom. The van der Waals surface area contributed by atoms with Gasteiger partial charge in [0.25, 0.3) is 5.91 Å². The maximum Gasteiger partial charge on any atom is 0.278 e. The molecule has 1 aromatic carbocycles. The highest BCUT2D eigenvalue weighted by atomic mass is 19.1. The molecule has 0 atom stereocenters. The van der Waals surface area contributed by atoms with E-state index in [2.05, 4.69) is 4.99 Å². The molecule has 2 heterocycles. The predicted molar refractivity (Wildman–Crippen MR) is 89.1 cm³/mol. The van der Waals surface area contributed by atoms with Crippen molar-refractivity contribution in [2.75, 3.05) is 20.6 Å². The smallest absolute Gasteiger partial charge is 0.278 e. The van der Waals surface area contributed by atoms with Gasteiger partial charge in [-0.2, -0.15) is 0 Å². The van der Waals surface area contributed by atoms with E-state index in [0.29, 0.717) is 12.2 Å². The molecule has 0 spiro atoms. The number of halogens is 1. The van der Waals surface area contributed by atoms with Gasteiger partial charge in [0.15, 0.2) is 0 Å². The number of hydrogen-bond donors (Lipinski definition) is 0. The van der Waals surface area contributed by atoms with Crippen molar-refractivity contribution in [2.45, 2.75) is 19.3 Å². The molecule has 2 aliphatic rings. The van der Waals surface area contributed by atoms with Gasteiger partial charge < -0.3 is 4.90 Å². The number of aliphatic imine (C=N–C) groups is 1. The van der Waals surface area contributed by atoms with Crippen LogP contribution in [-0.2, 0) is 4.79 Å². The lowest BCUT2D eigenvalue weighted by Crippen LogP contribution is -2.32. The van der Waals surface area contributed by atoms with Crippen molar-refractivity contribution in [2.24, 2.45) is 4.99 Å². The van der Waals surface area contributed by atoms with Gasteiger partial charge in [-0.05, 0) is 43.0 Å². The second kappa shape index (κ2) is 6.36. The molecule has 0 bridgehead atoms. The first-order chi connectivity index (χ1) is 11.0. The summed E-state index contributed by atoms with van der Waals surface area (Å²) < 4.78 is 13.0. The van der Waals surface area contributed by atoms with Crippen molar-refractivity contribution in [3.63, 3.8) is 0 Å². The van der Waals surface area contributed by atoms with Crippen molar-refractivity contribution in [3.05, 3.63) is 53.1 Å². The second-order valence-corrected chi connectivity index (χ2v) is 6.05. The molecule has 1 amide bonds. The van der Waals surface area contributed by atoms with Crippen molar-refractivity contribution >= 4 is 17.8 Å². The fourth-order valence-electron chi connectivity index (χ4n) is 2.85. The van der Waals surface area contributed by atoms with Crippen molar-refractivity contribution in [3.8, 4) is 0 Å². The molecule has 0 saturated carbocycles. The molecule has 5 heteroatoms. The number of carbonyl (C=O) groups is 1. The van der Waals surface area contributed by atoms with Crippen LogP contribution >= 0.6 is 0 Å². The predicted octanol–water partition coefficient (Wildman–Crippen LogP) is 3.04. The second-order valence-electron chi connectivity index (χ2n) is 6.05. The minimum absolute atomic E-state index is 0.0733. The number of amidine groups is 1. The summed E-state index contributed by atoms with van der Waals surface area (Å²) in [6.45, 7) is 0.698. The summed E-state index contributed by atoms with van der Waals surface area (Å²) in [7, 11) is 3.93. The number of hydrogen-bond acceptors (Lipinski definition) is 3. The van der Waals surface area contributed by atoms with E-state index in [1.807, 2.05) is 25.2 Å². The summed E-state index contributed by atoms with van der Waals surface area (Å²) in [5.74, 6) is 0.395. The molecule has 0 N–H and O–H groups in total. The van der Waals surface area contributed by atoms with E-state index < -0.39 is 0 Å². The topological polar surface area (TPSA) is 35.9 Å². The number of amides is 1. The molecule has 4 nitrogen and oxygen atoms in total.